The van der Waals surface area contributed by atoms with Gasteiger partial charge in [0.15, 0.2) is 5.69 Å². The number of carbonyl (C=O) groups excluding carboxylic acids is 2. The van der Waals surface area contributed by atoms with E-state index in [0.29, 0.717) is 17.7 Å². The van der Waals surface area contributed by atoms with Crippen LogP contribution in [0.4, 0.5) is 5.69 Å². The van der Waals surface area contributed by atoms with Gasteiger partial charge in [0, 0.05) is 18.4 Å². The number of benzene rings is 1. The van der Waals surface area contributed by atoms with E-state index in [1.165, 1.54) is 0 Å². The Labute approximate surface area is 152 Å². The van der Waals surface area contributed by atoms with Crippen molar-refractivity contribution in [3.8, 4) is 0 Å². The van der Waals surface area contributed by atoms with Crippen LogP contribution in [0.25, 0.3) is 5.52 Å². The van der Waals surface area contributed by atoms with Crippen LogP contribution in [0.1, 0.15) is 45.6 Å². The van der Waals surface area contributed by atoms with Crippen molar-refractivity contribution >= 4 is 23.0 Å². The van der Waals surface area contributed by atoms with Crippen molar-refractivity contribution in [1.82, 2.24) is 14.7 Å². The monoisotopic (exact) mass is 350 g/mol. The lowest BCUT2D eigenvalue weighted by molar-refractivity contribution is 0.0942. The molecule has 26 heavy (non-hydrogen) atoms. The molecule has 6 nitrogen and oxygen atoms in total. The van der Waals surface area contributed by atoms with Crippen molar-refractivity contribution in [1.29, 1.82) is 0 Å². The summed E-state index contributed by atoms with van der Waals surface area (Å²) in [5.41, 5.74) is 3.66. The Morgan fingerprint density at radius 1 is 1.08 bits per heavy atom. The van der Waals surface area contributed by atoms with Gasteiger partial charge >= 0.3 is 0 Å². The number of pyridine rings is 1. The van der Waals surface area contributed by atoms with Gasteiger partial charge in [0.05, 0.1) is 5.52 Å². The summed E-state index contributed by atoms with van der Waals surface area (Å²) < 4.78 is 1.64. The number of carbonyl (C=O) groups is 2. The van der Waals surface area contributed by atoms with Gasteiger partial charge in [-0.1, -0.05) is 19.1 Å². The second-order valence-electron chi connectivity index (χ2n) is 6.33. The molecule has 0 spiro atoms. The SMILES string of the molecule is CCCNC(=O)c1nc(C(=O)Nc2cc(C)cc(C)c2)c2ccccn12. The van der Waals surface area contributed by atoms with Crippen LogP contribution in [0.15, 0.2) is 42.6 Å². The Morgan fingerprint density at radius 2 is 1.81 bits per heavy atom. The van der Waals surface area contributed by atoms with Gasteiger partial charge in [-0.3, -0.25) is 14.0 Å². The van der Waals surface area contributed by atoms with Crippen LogP contribution in [0.5, 0.6) is 0 Å². The molecule has 1 aromatic carbocycles. The molecule has 2 N–H and O–H groups in total. The fourth-order valence-corrected chi connectivity index (χ4v) is 2.92. The zero-order valence-corrected chi connectivity index (χ0v) is 15.2. The fourth-order valence-electron chi connectivity index (χ4n) is 2.92. The number of nitrogens with zero attached hydrogens (tertiary/aromatic N) is 2. The van der Waals surface area contributed by atoms with Crippen molar-refractivity contribution in [3.63, 3.8) is 0 Å². The average Bonchev–Trinajstić information content (AvgIpc) is 2.98. The number of hydrogen-bond acceptors (Lipinski definition) is 3. The van der Waals surface area contributed by atoms with E-state index in [2.05, 4.69) is 15.6 Å². The number of aryl methyl sites for hydroxylation is 2. The highest BCUT2D eigenvalue weighted by Crippen LogP contribution is 2.18. The summed E-state index contributed by atoms with van der Waals surface area (Å²) in [6.45, 7) is 6.49. The number of rotatable bonds is 5. The third kappa shape index (κ3) is 3.59. The maximum absolute atomic E-state index is 12.8. The van der Waals surface area contributed by atoms with Gasteiger partial charge in [-0.25, -0.2) is 4.98 Å². The van der Waals surface area contributed by atoms with Crippen LogP contribution in [-0.2, 0) is 0 Å². The average molecular weight is 350 g/mol. The summed E-state index contributed by atoms with van der Waals surface area (Å²) in [6, 6.07) is 11.2. The topological polar surface area (TPSA) is 75.5 Å². The first-order valence-electron chi connectivity index (χ1n) is 8.64. The number of fused-ring (bicyclic) bond motifs is 1. The van der Waals surface area contributed by atoms with Crippen LogP contribution in [0.2, 0.25) is 0 Å². The minimum atomic E-state index is -0.340. The second kappa shape index (κ2) is 7.39. The third-order valence-corrected chi connectivity index (χ3v) is 3.98. The molecule has 3 rings (SSSR count). The van der Waals surface area contributed by atoms with E-state index in [1.807, 2.05) is 45.0 Å². The first-order chi connectivity index (χ1) is 12.5. The predicted octanol–water partition coefficient (Wildman–Crippen LogP) is 3.34. The van der Waals surface area contributed by atoms with Gasteiger partial charge in [-0.2, -0.15) is 0 Å². The molecule has 0 aliphatic heterocycles. The predicted molar refractivity (Wildman–Crippen MR) is 102 cm³/mol. The molecular formula is C20H22N4O2. The maximum atomic E-state index is 12.8. The summed E-state index contributed by atoms with van der Waals surface area (Å²) in [6.07, 6.45) is 2.56. The van der Waals surface area contributed by atoms with E-state index >= 15 is 0 Å². The molecule has 2 heterocycles. The molecule has 0 aliphatic carbocycles. The van der Waals surface area contributed by atoms with E-state index < -0.39 is 0 Å². The van der Waals surface area contributed by atoms with Gasteiger partial charge in [0.25, 0.3) is 11.8 Å². The normalized spacial score (nSPS) is 10.7. The highest BCUT2D eigenvalue weighted by Gasteiger charge is 2.21. The molecule has 134 valence electrons. The van der Waals surface area contributed by atoms with E-state index in [4.69, 9.17) is 0 Å². The third-order valence-electron chi connectivity index (χ3n) is 3.98. The Balaban J connectivity index is 1.96. The first-order valence-corrected chi connectivity index (χ1v) is 8.64. The van der Waals surface area contributed by atoms with Gasteiger partial charge in [-0.05, 0) is 55.7 Å². The highest BCUT2D eigenvalue weighted by atomic mass is 16.2. The van der Waals surface area contributed by atoms with E-state index in [-0.39, 0.29) is 23.3 Å². The number of hydrogen-bond donors (Lipinski definition) is 2. The Bertz CT molecular complexity index is 955. The van der Waals surface area contributed by atoms with Gasteiger partial charge < -0.3 is 10.6 Å². The van der Waals surface area contributed by atoms with Crippen LogP contribution >= 0.6 is 0 Å². The smallest absolute Gasteiger partial charge is 0.287 e. The van der Waals surface area contributed by atoms with Crippen LogP contribution in [-0.4, -0.2) is 27.7 Å². The summed E-state index contributed by atoms with van der Waals surface area (Å²) in [4.78, 5) is 29.5. The van der Waals surface area contributed by atoms with Gasteiger partial charge in [0.2, 0.25) is 5.82 Å². The zero-order valence-electron chi connectivity index (χ0n) is 15.2. The van der Waals surface area contributed by atoms with Crippen molar-refractivity contribution in [3.05, 3.63) is 65.2 Å². The molecule has 0 unspecified atom stereocenters. The van der Waals surface area contributed by atoms with Crippen LogP contribution in [0.3, 0.4) is 0 Å². The van der Waals surface area contributed by atoms with E-state index in [1.54, 1.807) is 22.7 Å². The molecule has 0 aliphatic rings. The molecule has 0 fully saturated rings. The molecule has 2 aromatic heterocycles. The standard InChI is InChI=1S/C20H22N4O2/c1-4-8-21-20(26)18-23-17(16-7-5-6-9-24(16)18)19(25)22-15-11-13(2)10-14(3)12-15/h5-7,9-12H,4,8H2,1-3H3,(H,21,26)(H,22,25). The number of nitrogens with one attached hydrogen (secondary N) is 2. The Morgan fingerprint density at radius 3 is 2.50 bits per heavy atom. The second-order valence-corrected chi connectivity index (χ2v) is 6.33. The van der Waals surface area contributed by atoms with E-state index in [9.17, 15) is 9.59 Å². The number of amides is 2. The molecule has 3 aromatic rings. The Kier molecular flexibility index (Phi) is 5.02. The zero-order chi connectivity index (χ0) is 18.7. The minimum absolute atomic E-state index is 0.208. The van der Waals surface area contributed by atoms with Crippen LogP contribution < -0.4 is 10.6 Å². The quantitative estimate of drug-likeness (QED) is 0.741. The molecule has 0 atom stereocenters. The summed E-state index contributed by atoms with van der Waals surface area (Å²) >= 11 is 0. The van der Waals surface area contributed by atoms with Gasteiger partial charge in [0.1, 0.15) is 0 Å². The van der Waals surface area contributed by atoms with Crippen molar-refractivity contribution in [2.75, 3.05) is 11.9 Å². The van der Waals surface area contributed by atoms with Crippen molar-refractivity contribution in [2.24, 2.45) is 0 Å². The fraction of sp³-hybridized carbons (Fsp3) is 0.250. The summed E-state index contributed by atoms with van der Waals surface area (Å²) in [5, 5.41) is 5.68. The summed E-state index contributed by atoms with van der Waals surface area (Å²) in [5.74, 6) is -0.425. The largest absolute Gasteiger partial charge is 0.349 e. The number of aromatic nitrogens is 2. The first kappa shape index (κ1) is 17.7. The van der Waals surface area contributed by atoms with Crippen LogP contribution in [0, 0.1) is 13.8 Å². The summed E-state index contributed by atoms with van der Waals surface area (Å²) in [7, 11) is 0. The molecule has 0 saturated heterocycles. The lowest BCUT2D eigenvalue weighted by Gasteiger charge is -2.06. The number of anilines is 1. The lowest BCUT2D eigenvalue weighted by atomic mass is 10.1. The number of imidazole rings is 1. The van der Waals surface area contributed by atoms with E-state index in [0.717, 1.165) is 17.5 Å². The maximum Gasteiger partial charge on any atom is 0.287 e. The molecular weight excluding hydrogens is 328 g/mol. The molecule has 2 amide bonds. The lowest BCUT2D eigenvalue weighted by Crippen LogP contribution is -2.26. The minimum Gasteiger partial charge on any atom is -0.349 e. The van der Waals surface area contributed by atoms with Crippen molar-refractivity contribution in [2.45, 2.75) is 27.2 Å². The highest BCUT2D eigenvalue weighted by molar-refractivity contribution is 6.09. The van der Waals surface area contributed by atoms with Gasteiger partial charge in [-0.15, -0.1) is 0 Å². The molecule has 0 radical (unpaired) electrons. The molecule has 6 heteroatoms. The molecule has 0 saturated carbocycles. The van der Waals surface area contributed by atoms with Crippen molar-refractivity contribution < 1.29 is 9.59 Å². The Hall–Kier alpha value is -3.15. The molecule has 0 bridgehead atoms.